The van der Waals surface area contributed by atoms with Gasteiger partial charge in [-0.3, -0.25) is 0 Å². The molecule has 0 aliphatic rings. The predicted octanol–water partition coefficient (Wildman–Crippen LogP) is 3.43. The van der Waals surface area contributed by atoms with E-state index in [1.54, 1.807) is 0 Å². The maximum absolute atomic E-state index is 2.28. The maximum atomic E-state index is 2.28. The van der Waals surface area contributed by atoms with Gasteiger partial charge in [-0.2, -0.15) is 0 Å². The van der Waals surface area contributed by atoms with Crippen LogP contribution in [0.3, 0.4) is 0 Å². The second-order valence-corrected chi connectivity index (χ2v) is 2.67. The Morgan fingerprint density at radius 1 is 1.22 bits per heavy atom. The number of hydrogen-bond acceptors (Lipinski definition) is 0. The van der Waals surface area contributed by atoms with Crippen LogP contribution in [0.15, 0.2) is 0 Å². The molecule has 0 aliphatic heterocycles. The van der Waals surface area contributed by atoms with Gasteiger partial charge in [-0.05, 0) is 12.3 Å². The average molecular weight is 127 g/mol. The van der Waals surface area contributed by atoms with Gasteiger partial charge < -0.3 is 0 Å². The van der Waals surface area contributed by atoms with E-state index in [-0.39, 0.29) is 0 Å². The predicted molar refractivity (Wildman–Crippen MR) is 43.3 cm³/mol. The Morgan fingerprint density at radius 3 is 2.11 bits per heavy atom. The van der Waals surface area contributed by atoms with Crippen molar-refractivity contribution < 1.29 is 0 Å². The second-order valence-electron chi connectivity index (χ2n) is 2.67. The summed E-state index contributed by atoms with van der Waals surface area (Å²) in [5.41, 5.74) is 0. The van der Waals surface area contributed by atoms with Crippen molar-refractivity contribution in [3.8, 4) is 0 Å². The van der Waals surface area contributed by atoms with Crippen LogP contribution in [0, 0.1) is 12.3 Å². The Morgan fingerprint density at radius 2 is 1.78 bits per heavy atom. The Hall–Kier alpha value is 0. The van der Waals surface area contributed by atoms with Crippen molar-refractivity contribution in [3.63, 3.8) is 0 Å². The Balaban J connectivity index is 3.09. The van der Waals surface area contributed by atoms with Crippen molar-refractivity contribution in [2.24, 2.45) is 5.92 Å². The van der Waals surface area contributed by atoms with Crippen LogP contribution in [0.2, 0.25) is 0 Å². The zero-order valence-electron chi connectivity index (χ0n) is 6.98. The molecule has 0 rings (SSSR count). The Labute approximate surface area is 59.7 Å². The molecule has 0 unspecified atom stereocenters. The maximum Gasteiger partial charge on any atom is -0.0417 e. The molecule has 0 N–H and O–H groups in total. The summed E-state index contributed by atoms with van der Waals surface area (Å²) >= 11 is 0. The van der Waals surface area contributed by atoms with E-state index in [4.69, 9.17) is 0 Å². The van der Waals surface area contributed by atoms with Crippen LogP contribution in [-0.2, 0) is 0 Å². The molecule has 0 aromatic rings. The molecule has 0 spiro atoms. The molecular formula is C9H19. The molecule has 9 heavy (non-hydrogen) atoms. The van der Waals surface area contributed by atoms with Gasteiger partial charge in [0, 0.05) is 0 Å². The summed E-state index contributed by atoms with van der Waals surface area (Å²) in [4.78, 5) is 0. The molecular weight excluding hydrogens is 108 g/mol. The zero-order valence-corrected chi connectivity index (χ0v) is 6.98. The third-order valence-corrected chi connectivity index (χ3v) is 2.02. The minimum absolute atomic E-state index is 0.973. The fourth-order valence-corrected chi connectivity index (χ4v) is 1.10. The van der Waals surface area contributed by atoms with E-state index in [2.05, 4.69) is 27.2 Å². The van der Waals surface area contributed by atoms with Crippen molar-refractivity contribution in [1.29, 1.82) is 0 Å². The van der Waals surface area contributed by atoms with Crippen LogP contribution in [0.1, 0.15) is 46.5 Å². The van der Waals surface area contributed by atoms with E-state index >= 15 is 0 Å². The summed E-state index contributed by atoms with van der Waals surface area (Å²) < 4.78 is 0. The van der Waals surface area contributed by atoms with Gasteiger partial charge in [0.25, 0.3) is 0 Å². The summed E-state index contributed by atoms with van der Waals surface area (Å²) in [6.45, 7) is 6.70. The molecule has 0 bridgehead atoms. The third kappa shape index (κ3) is 4.50. The van der Waals surface area contributed by atoms with E-state index in [0.29, 0.717) is 0 Å². The molecule has 1 radical (unpaired) electrons. The third-order valence-electron chi connectivity index (χ3n) is 2.02. The van der Waals surface area contributed by atoms with Gasteiger partial charge in [0.15, 0.2) is 0 Å². The molecule has 0 nitrogen and oxygen atoms in total. The molecule has 0 heterocycles. The lowest BCUT2D eigenvalue weighted by Crippen LogP contribution is -1.95. The van der Waals surface area contributed by atoms with Gasteiger partial charge in [-0.25, -0.2) is 0 Å². The molecule has 0 heteroatoms. The van der Waals surface area contributed by atoms with Crippen molar-refractivity contribution >= 4 is 0 Å². The highest BCUT2D eigenvalue weighted by atomic mass is 14.1. The lowest BCUT2D eigenvalue weighted by atomic mass is 9.97. The molecule has 0 amide bonds. The molecule has 0 aromatic heterocycles. The smallest absolute Gasteiger partial charge is 0.0417 e. The van der Waals surface area contributed by atoms with Crippen LogP contribution in [-0.4, -0.2) is 0 Å². The van der Waals surface area contributed by atoms with Gasteiger partial charge in [-0.15, -0.1) is 0 Å². The van der Waals surface area contributed by atoms with Crippen LogP contribution in [0.5, 0.6) is 0 Å². The molecule has 0 fully saturated rings. The highest BCUT2D eigenvalue weighted by molar-refractivity contribution is 4.61. The molecule has 0 saturated heterocycles. The molecule has 0 aromatic carbocycles. The first-order valence-electron chi connectivity index (χ1n) is 4.12. The van der Waals surface area contributed by atoms with E-state index < -0.39 is 0 Å². The first kappa shape index (κ1) is 9.00. The van der Waals surface area contributed by atoms with Gasteiger partial charge >= 0.3 is 0 Å². The average Bonchev–Trinajstić information content (AvgIpc) is 1.91. The second kappa shape index (κ2) is 6.12. The van der Waals surface area contributed by atoms with Crippen molar-refractivity contribution in [1.82, 2.24) is 0 Å². The summed E-state index contributed by atoms with van der Waals surface area (Å²) in [5.74, 6) is 0.973. The summed E-state index contributed by atoms with van der Waals surface area (Å²) in [7, 11) is 0. The van der Waals surface area contributed by atoms with Crippen LogP contribution < -0.4 is 0 Å². The largest absolute Gasteiger partial charge is 0.0651 e. The van der Waals surface area contributed by atoms with E-state index in [1.807, 2.05) is 0 Å². The fourth-order valence-electron chi connectivity index (χ4n) is 1.10. The van der Waals surface area contributed by atoms with E-state index in [1.165, 1.54) is 25.7 Å². The fraction of sp³-hybridized carbons (Fsp3) is 0.889. The van der Waals surface area contributed by atoms with Gasteiger partial charge in [0.1, 0.15) is 0 Å². The lowest BCUT2D eigenvalue weighted by molar-refractivity contribution is 0.454. The monoisotopic (exact) mass is 127 g/mol. The van der Waals surface area contributed by atoms with Crippen molar-refractivity contribution in [2.45, 2.75) is 46.5 Å². The quantitative estimate of drug-likeness (QED) is 0.530. The van der Waals surface area contributed by atoms with Gasteiger partial charge in [-0.1, -0.05) is 46.5 Å². The summed E-state index contributed by atoms with van der Waals surface area (Å²) in [5, 5.41) is 0. The minimum Gasteiger partial charge on any atom is -0.0651 e. The van der Waals surface area contributed by atoms with Crippen LogP contribution >= 0.6 is 0 Å². The molecule has 0 atom stereocenters. The Bertz CT molecular complexity index is 44.0. The molecule has 55 valence electrons. The SMILES string of the molecule is C[CH]CCC(CC)CC. The molecule has 0 aliphatic carbocycles. The van der Waals surface area contributed by atoms with Crippen LogP contribution in [0.4, 0.5) is 0 Å². The number of unbranched alkanes of at least 4 members (excludes halogenated alkanes) is 1. The summed E-state index contributed by atoms with van der Waals surface area (Å²) in [6.07, 6.45) is 7.66. The van der Waals surface area contributed by atoms with Gasteiger partial charge in [0.05, 0.1) is 0 Å². The molecule has 0 saturated carbocycles. The topological polar surface area (TPSA) is 0 Å². The van der Waals surface area contributed by atoms with Crippen molar-refractivity contribution in [3.05, 3.63) is 6.42 Å². The van der Waals surface area contributed by atoms with E-state index in [9.17, 15) is 0 Å². The number of hydrogen-bond donors (Lipinski definition) is 0. The zero-order chi connectivity index (χ0) is 7.11. The minimum atomic E-state index is 0.973. The number of rotatable bonds is 5. The van der Waals surface area contributed by atoms with Crippen LogP contribution in [0.25, 0.3) is 0 Å². The normalized spacial score (nSPS) is 10.7. The van der Waals surface area contributed by atoms with E-state index in [0.717, 1.165) is 5.92 Å². The first-order chi connectivity index (χ1) is 4.35. The Kier molecular flexibility index (Phi) is 6.12. The van der Waals surface area contributed by atoms with Crippen molar-refractivity contribution in [2.75, 3.05) is 0 Å². The first-order valence-corrected chi connectivity index (χ1v) is 4.12. The lowest BCUT2D eigenvalue weighted by Gasteiger charge is -2.09. The highest BCUT2D eigenvalue weighted by Crippen LogP contribution is 2.14. The van der Waals surface area contributed by atoms with Gasteiger partial charge in [0.2, 0.25) is 0 Å². The summed E-state index contributed by atoms with van der Waals surface area (Å²) in [6, 6.07) is 0. The highest BCUT2D eigenvalue weighted by Gasteiger charge is 2.00. The standard InChI is InChI=1S/C9H19/c1-4-7-8-9(5-2)6-3/h4,9H,5-8H2,1-3H3.